The van der Waals surface area contributed by atoms with Crippen LogP contribution in [0, 0.1) is 0 Å². The van der Waals surface area contributed by atoms with Gasteiger partial charge in [-0.25, -0.2) is 0 Å². The van der Waals surface area contributed by atoms with Gasteiger partial charge in [0.15, 0.2) is 0 Å². The second-order valence-electron chi connectivity index (χ2n) is 13.4. The molecule has 2 aliphatic heterocycles. The van der Waals surface area contributed by atoms with Gasteiger partial charge >= 0.3 is 0 Å². The fourth-order valence-electron chi connectivity index (χ4n) is 6.60. The molecule has 3 aromatic carbocycles. The molecule has 9 nitrogen and oxygen atoms in total. The van der Waals surface area contributed by atoms with Gasteiger partial charge < -0.3 is 29.2 Å². The van der Waals surface area contributed by atoms with E-state index in [9.17, 15) is 9.00 Å². The van der Waals surface area contributed by atoms with Crippen LogP contribution in [-0.2, 0) is 42.0 Å². The first kappa shape index (κ1) is 38.4. The number of nitrogens with zero attached hydrogens (tertiary/aromatic N) is 2. The van der Waals surface area contributed by atoms with E-state index in [1.807, 2.05) is 48.5 Å². The second kappa shape index (κ2) is 19.6. The lowest BCUT2D eigenvalue weighted by molar-refractivity contribution is -0.112. The maximum atomic E-state index is 13.8. The van der Waals surface area contributed by atoms with Crippen LogP contribution in [0.5, 0.6) is 5.75 Å². The van der Waals surface area contributed by atoms with Crippen LogP contribution in [0.15, 0.2) is 95.7 Å². The molecule has 0 aliphatic carbocycles. The van der Waals surface area contributed by atoms with Gasteiger partial charge in [-0.05, 0) is 114 Å². The summed E-state index contributed by atoms with van der Waals surface area (Å²) in [5.74, 6) is 1.06. The summed E-state index contributed by atoms with van der Waals surface area (Å²) in [5, 5.41) is 3.10. The fourth-order valence-corrected chi connectivity index (χ4v) is 7.75. The van der Waals surface area contributed by atoms with Gasteiger partial charge in [-0.3, -0.25) is 14.0 Å². The van der Waals surface area contributed by atoms with Gasteiger partial charge in [0.1, 0.15) is 12.4 Å². The van der Waals surface area contributed by atoms with Crippen molar-refractivity contribution in [2.24, 2.45) is 0 Å². The highest BCUT2D eigenvalue weighted by Gasteiger charge is 2.23. The minimum absolute atomic E-state index is 0.0117. The number of carbonyl (C=O) groups excluding carboxylic acids is 1. The van der Waals surface area contributed by atoms with Crippen LogP contribution >= 0.6 is 0 Å². The first-order chi connectivity index (χ1) is 26.0. The number of hydrogen-bond donors (Lipinski definition) is 1. The van der Waals surface area contributed by atoms with Gasteiger partial charge in [0.05, 0.1) is 49.1 Å². The molecule has 0 bridgehead atoms. The number of ether oxygens (including phenoxy) is 4. The van der Waals surface area contributed by atoms with Crippen molar-refractivity contribution in [3.8, 4) is 16.9 Å². The minimum Gasteiger partial charge on any atom is -0.491 e. The fraction of sp³-hybridized carbons (Fsp3) is 0.395. The van der Waals surface area contributed by atoms with Crippen LogP contribution in [-0.4, -0.2) is 73.9 Å². The molecule has 4 aromatic rings. The predicted molar refractivity (Wildman–Crippen MR) is 212 cm³/mol. The molecule has 1 unspecified atom stereocenters. The number of hydrogen-bond acceptors (Lipinski definition) is 8. The Balaban J connectivity index is 1.18. The first-order valence-corrected chi connectivity index (χ1v) is 20.1. The Hall–Kier alpha value is -4.35. The van der Waals surface area contributed by atoms with Crippen molar-refractivity contribution in [3.63, 3.8) is 0 Å². The summed E-state index contributed by atoms with van der Waals surface area (Å²) in [6, 6.07) is 23.8. The molecule has 2 atom stereocenters. The average molecular weight is 738 g/mol. The van der Waals surface area contributed by atoms with Crippen LogP contribution in [0.2, 0.25) is 0 Å². The largest absolute Gasteiger partial charge is 0.491 e. The topological polar surface area (TPSA) is 99.2 Å². The minimum atomic E-state index is -1.23. The quantitative estimate of drug-likeness (QED) is 0.116. The monoisotopic (exact) mass is 737 g/mol. The number of unbranched alkanes of at least 4 members (excludes halogenated alkanes) is 1. The van der Waals surface area contributed by atoms with Crippen LogP contribution in [0.3, 0.4) is 0 Å². The van der Waals surface area contributed by atoms with Crippen molar-refractivity contribution in [1.82, 2.24) is 4.98 Å². The third-order valence-electron chi connectivity index (χ3n) is 9.55. The Morgan fingerprint density at radius 3 is 2.57 bits per heavy atom. The Kier molecular flexibility index (Phi) is 14.2. The van der Waals surface area contributed by atoms with Gasteiger partial charge in [0.2, 0.25) is 0 Å². The Labute approximate surface area is 316 Å². The highest BCUT2D eigenvalue weighted by atomic mass is 32.2. The molecule has 0 spiro atoms. The number of fused-ring (bicyclic) bond motifs is 1. The van der Waals surface area contributed by atoms with E-state index in [0.717, 1.165) is 78.1 Å². The SMILES string of the molecule is CCCCOCCOc1ccc(-c2ccc3c(c2)/C=C(/C(=O)Nc2ccc(S(=O)Cc4cnccc4CC)cc2)CCCN3C[C@H]2COCCO2)cc1. The zero-order chi connectivity index (χ0) is 36.8. The number of anilines is 2. The Morgan fingerprint density at radius 2 is 1.79 bits per heavy atom. The summed E-state index contributed by atoms with van der Waals surface area (Å²) >= 11 is 0. The van der Waals surface area contributed by atoms with E-state index >= 15 is 0 Å². The van der Waals surface area contributed by atoms with E-state index < -0.39 is 10.8 Å². The molecule has 2 aliphatic rings. The molecular formula is C43H51N3O6S. The molecule has 6 rings (SSSR count). The Morgan fingerprint density at radius 1 is 0.962 bits per heavy atom. The van der Waals surface area contributed by atoms with E-state index in [1.54, 1.807) is 12.4 Å². The molecular weight excluding hydrogens is 687 g/mol. The molecule has 1 aromatic heterocycles. The van der Waals surface area contributed by atoms with E-state index in [-0.39, 0.29) is 12.0 Å². The van der Waals surface area contributed by atoms with Gasteiger partial charge in [-0.2, -0.15) is 0 Å². The van der Waals surface area contributed by atoms with Crippen LogP contribution in [0.25, 0.3) is 17.2 Å². The van der Waals surface area contributed by atoms with E-state index in [0.29, 0.717) is 67.9 Å². The highest BCUT2D eigenvalue weighted by Crippen LogP contribution is 2.33. The summed E-state index contributed by atoms with van der Waals surface area (Å²) in [5.41, 5.74) is 7.66. The number of nitrogens with one attached hydrogen (secondary N) is 1. The predicted octanol–water partition coefficient (Wildman–Crippen LogP) is 7.85. The zero-order valence-electron chi connectivity index (χ0n) is 30.9. The molecule has 53 heavy (non-hydrogen) atoms. The maximum Gasteiger partial charge on any atom is 0.251 e. The van der Waals surface area contributed by atoms with Crippen LogP contribution < -0.4 is 15.0 Å². The summed E-state index contributed by atoms with van der Waals surface area (Å²) in [4.78, 5) is 21.1. The summed E-state index contributed by atoms with van der Waals surface area (Å²) < 4.78 is 36.4. The third-order valence-corrected chi connectivity index (χ3v) is 10.9. The van der Waals surface area contributed by atoms with E-state index in [2.05, 4.69) is 59.4 Å². The van der Waals surface area contributed by atoms with E-state index in [4.69, 9.17) is 18.9 Å². The molecule has 0 radical (unpaired) electrons. The van der Waals surface area contributed by atoms with Crippen molar-refractivity contribution in [3.05, 3.63) is 107 Å². The van der Waals surface area contributed by atoms with Crippen molar-refractivity contribution in [2.45, 2.75) is 62.7 Å². The zero-order valence-corrected chi connectivity index (χ0v) is 31.7. The van der Waals surface area contributed by atoms with Crippen molar-refractivity contribution in [1.29, 1.82) is 0 Å². The van der Waals surface area contributed by atoms with Crippen LogP contribution in [0.4, 0.5) is 11.4 Å². The number of aryl methyl sites for hydroxylation is 1. The smallest absolute Gasteiger partial charge is 0.251 e. The van der Waals surface area contributed by atoms with Gasteiger partial charge in [-0.15, -0.1) is 0 Å². The molecule has 1 fully saturated rings. The van der Waals surface area contributed by atoms with Crippen molar-refractivity contribution in [2.75, 3.05) is 62.9 Å². The second-order valence-corrected chi connectivity index (χ2v) is 14.8. The lowest BCUT2D eigenvalue weighted by atomic mass is 9.96. The van der Waals surface area contributed by atoms with Gasteiger partial charge in [0, 0.05) is 53.9 Å². The number of aromatic nitrogens is 1. The number of rotatable bonds is 16. The lowest BCUT2D eigenvalue weighted by Crippen LogP contribution is -2.41. The average Bonchev–Trinajstić information content (AvgIpc) is 3.18. The summed E-state index contributed by atoms with van der Waals surface area (Å²) in [6.07, 6.45) is 10.0. The first-order valence-electron chi connectivity index (χ1n) is 18.8. The molecule has 10 heteroatoms. The van der Waals surface area contributed by atoms with Crippen molar-refractivity contribution >= 4 is 34.2 Å². The number of carbonyl (C=O) groups is 1. The van der Waals surface area contributed by atoms with E-state index in [1.165, 1.54) is 0 Å². The molecule has 1 amide bonds. The number of benzene rings is 3. The standard InChI is InChI=1S/C43H51N3O6S/c1-3-5-21-49-22-24-51-39-13-8-33(9-14-39)34-10-17-42-36(26-34)27-35(7-6-20-46(42)29-40-30-50-23-25-52-40)43(47)45-38-11-15-41(16-12-38)53(48)31-37-28-44-19-18-32(37)4-2/h8-19,26-28,40H,3-7,20-25,29-31H2,1-2H3,(H,45,47)/b35-27+/t40-,53?/m0/s1. The van der Waals surface area contributed by atoms with Gasteiger partial charge in [-0.1, -0.05) is 38.5 Å². The summed E-state index contributed by atoms with van der Waals surface area (Å²) in [6.45, 7) is 9.37. The molecule has 3 heterocycles. The lowest BCUT2D eigenvalue weighted by Gasteiger charge is -2.33. The third kappa shape index (κ3) is 10.9. The number of amides is 1. The van der Waals surface area contributed by atoms with Crippen LogP contribution in [0.1, 0.15) is 56.2 Å². The van der Waals surface area contributed by atoms with Crippen molar-refractivity contribution < 1.29 is 28.0 Å². The molecule has 280 valence electrons. The molecule has 1 saturated heterocycles. The highest BCUT2D eigenvalue weighted by molar-refractivity contribution is 7.84. The maximum absolute atomic E-state index is 13.8. The molecule has 1 N–H and O–H groups in total. The summed E-state index contributed by atoms with van der Waals surface area (Å²) in [7, 11) is -1.23. The van der Waals surface area contributed by atoms with Gasteiger partial charge in [0.25, 0.3) is 5.91 Å². The molecule has 0 saturated carbocycles. The Bertz CT molecular complexity index is 1840. The number of pyridine rings is 1. The normalized spacial score (nSPS) is 17.5.